The molecule has 10 heteroatoms. The number of piperidine rings is 1. The molecule has 3 unspecified atom stereocenters. The number of hydrogen-bond acceptors (Lipinski definition) is 7. The lowest BCUT2D eigenvalue weighted by Gasteiger charge is -2.46. The summed E-state index contributed by atoms with van der Waals surface area (Å²) in [7, 11) is 0. The van der Waals surface area contributed by atoms with Crippen LogP contribution in [0.4, 0.5) is 9.59 Å². The second-order valence-electron chi connectivity index (χ2n) is 10.9. The molecule has 1 aliphatic carbocycles. The van der Waals surface area contributed by atoms with Gasteiger partial charge in [-0.1, -0.05) is 0 Å². The molecule has 33 heavy (non-hydrogen) atoms. The van der Waals surface area contributed by atoms with E-state index < -0.39 is 46.7 Å². The average molecular weight is 464 g/mol. The summed E-state index contributed by atoms with van der Waals surface area (Å²) in [5, 5.41) is 0. The van der Waals surface area contributed by atoms with Gasteiger partial charge in [-0.25, -0.2) is 19.3 Å². The minimum Gasteiger partial charge on any atom is -0.443 e. The van der Waals surface area contributed by atoms with Crippen LogP contribution in [-0.4, -0.2) is 49.4 Å². The molecule has 1 saturated carbocycles. The van der Waals surface area contributed by atoms with Crippen LogP contribution in [0.3, 0.4) is 0 Å². The normalized spacial score (nSPS) is 23.3. The summed E-state index contributed by atoms with van der Waals surface area (Å²) >= 11 is 0. The lowest BCUT2D eigenvalue weighted by Crippen LogP contribution is -2.58. The van der Waals surface area contributed by atoms with E-state index in [4.69, 9.17) is 9.47 Å². The number of imide groups is 1. The molecule has 1 saturated heterocycles. The van der Waals surface area contributed by atoms with Crippen LogP contribution in [0.1, 0.15) is 78.8 Å². The molecular weight excluding hydrogens is 430 g/mol. The predicted octanol–water partition coefficient (Wildman–Crippen LogP) is 2.98. The van der Waals surface area contributed by atoms with Crippen molar-refractivity contribution in [1.82, 2.24) is 14.0 Å². The highest BCUT2D eigenvalue weighted by molar-refractivity contribution is 5.93. The lowest BCUT2D eigenvalue weighted by atomic mass is 9.76. The van der Waals surface area contributed by atoms with Crippen LogP contribution in [0.5, 0.6) is 0 Å². The van der Waals surface area contributed by atoms with Gasteiger partial charge in [-0.3, -0.25) is 14.2 Å². The number of amides is 2. The van der Waals surface area contributed by atoms with Crippen molar-refractivity contribution < 1.29 is 23.9 Å². The molecule has 0 aromatic carbocycles. The topological polar surface area (TPSA) is 117 Å². The quantitative estimate of drug-likeness (QED) is 0.628. The maximum Gasteiger partial charge on any atom is 0.425 e. The Morgan fingerprint density at radius 1 is 0.909 bits per heavy atom. The summed E-state index contributed by atoms with van der Waals surface area (Å²) < 4.78 is 12.5. The van der Waals surface area contributed by atoms with Gasteiger partial charge in [-0.05, 0) is 73.6 Å². The number of carbonyl (C=O) groups excluding carboxylic acids is 3. The fourth-order valence-corrected chi connectivity index (χ4v) is 4.49. The van der Waals surface area contributed by atoms with Crippen LogP contribution < -0.4 is 11.2 Å². The number of aromatic nitrogens is 2. The lowest BCUT2D eigenvalue weighted by molar-refractivity contribution is -0.140. The summed E-state index contributed by atoms with van der Waals surface area (Å²) in [6.07, 6.45) is 1.53. The Labute approximate surface area is 192 Å². The van der Waals surface area contributed by atoms with Crippen molar-refractivity contribution in [1.29, 1.82) is 0 Å². The summed E-state index contributed by atoms with van der Waals surface area (Å²) in [6.45, 7) is 11.6. The van der Waals surface area contributed by atoms with Crippen molar-refractivity contribution in [3.8, 4) is 0 Å². The Hall–Kier alpha value is -2.91. The summed E-state index contributed by atoms with van der Waals surface area (Å²) in [5.74, 6) is -0.244. The summed E-state index contributed by atoms with van der Waals surface area (Å²) in [6, 6.07) is -1.22. The van der Waals surface area contributed by atoms with Gasteiger partial charge in [0.1, 0.15) is 11.2 Å². The van der Waals surface area contributed by atoms with Crippen LogP contribution in [-0.2, 0) is 14.3 Å². The highest BCUT2D eigenvalue weighted by Gasteiger charge is 2.47. The first kappa shape index (κ1) is 24.7. The second-order valence-corrected chi connectivity index (χ2v) is 10.9. The fourth-order valence-electron chi connectivity index (χ4n) is 4.49. The van der Waals surface area contributed by atoms with E-state index in [2.05, 4.69) is 0 Å². The zero-order valence-electron chi connectivity index (χ0n) is 20.3. The third kappa shape index (κ3) is 5.20. The van der Waals surface area contributed by atoms with Crippen LogP contribution in [0, 0.1) is 12.8 Å². The molecule has 3 rings (SSSR count). The average Bonchev–Trinajstić information content (AvgIpc) is 2.62. The zero-order valence-corrected chi connectivity index (χ0v) is 20.3. The van der Waals surface area contributed by atoms with E-state index in [1.165, 1.54) is 17.7 Å². The molecule has 1 aromatic heterocycles. The molecule has 2 aliphatic rings. The Balaban J connectivity index is 2.07. The molecule has 0 N–H and O–H groups in total. The van der Waals surface area contributed by atoms with Crippen LogP contribution in [0.15, 0.2) is 15.8 Å². The van der Waals surface area contributed by atoms with Crippen molar-refractivity contribution in [2.24, 2.45) is 5.92 Å². The highest BCUT2D eigenvalue weighted by atomic mass is 16.6. The van der Waals surface area contributed by atoms with Gasteiger partial charge >= 0.3 is 17.9 Å². The SMILES string of the molecule is Cc1cn(C2CCC3CC(=O)N(C(=O)OC(C)(C)C)C2C3)c(=O)n(C(=O)OC(C)(C)C)c1=O. The molecule has 10 nitrogen and oxygen atoms in total. The monoisotopic (exact) mass is 463 g/mol. The number of fused-ring (bicyclic) bond motifs is 2. The van der Waals surface area contributed by atoms with Gasteiger partial charge in [0.15, 0.2) is 0 Å². The zero-order chi connectivity index (χ0) is 24.9. The molecule has 0 spiro atoms. The predicted molar refractivity (Wildman–Crippen MR) is 119 cm³/mol. The van der Waals surface area contributed by atoms with Crippen molar-refractivity contribution in [2.75, 3.05) is 0 Å². The van der Waals surface area contributed by atoms with Crippen LogP contribution in [0.2, 0.25) is 0 Å². The largest absolute Gasteiger partial charge is 0.443 e. The van der Waals surface area contributed by atoms with Crippen LogP contribution in [0.25, 0.3) is 0 Å². The molecule has 3 atom stereocenters. The van der Waals surface area contributed by atoms with Gasteiger partial charge in [0, 0.05) is 18.2 Å². The van der Waals surface area contributed by atoms with Crippen molar-refractivity contribution in [3.05, 3.63) is 32.6 Å². The first-order valence-corrected chi connectivity index (χ1v) is 11.2. The minimum atomic E-state index is -1.06. The van der Waals surface area contributed by atoms with Crippen LogP contribution >= 0.6 is 0 Å². The summed E-state index contributed by atoms with van der Waals surface area (Å²) in [5.41, 5.74) is -3.14. The van der Waals surface area contributed by atoms with Gasteiger partial charge in [0.05, 0.1) is 12.1 Å². The Bertz CT molecular complexity index is 1090. The molecule has 1 aliphatic heterocycles. The smallest absolute Gasteiger partial charge is 0.425 e. The first-order valence-electron chi connectivity index (χ1n) is 11.2. The number of ether oxygens (including phenoxy) is 2. The molecule has 182 valence electrons. The van der Waals surface area contributed by atoms with E-state index in [0.29, 0.717) is 23.8 Å². The van der Waals surface area contributed by atoms with Gasteiger partial charge in [-0.15, -0.1) is 0 Å². The number of aryl methyl sites for hydroxylation is 1. The number of nitrogens with zero attached hydrogens (tertiary/aromatic N) is 3. The highest BCUT2D eigenvalue weighted by Crippen LogP contribution is 2.41. The molecule has 2 heterocycles. The van der Waals surface area contributed by atoms with E-state index in [1.54, 1.807) is 41.5 Å². The van der Waals surface area contributed by atoms with Crippen molar-refractivity contribution in [2.45, 2.75) is 97.4 Å². The second kappa shape index (κ2) is 8.46. The molecule has 0 radical (unpaired) electrons. The van der Waals surface area contributed by atoms with E-state index in [1.807, 2.05) is 0 Å². The minimum absolute atomic E-state index is 0.103. The van der Waals surface area contributed by atoms with E-state index in [-0.39, 0.29) is 23.8 Å². The Morgan fingerprint density at radius 3 is 2.06 bits per heavy atom. The van der Waals surface area contributed by atoms with Crippen molar-refractivity contribution >= 4 is 18.1 Å². The third-order valence-corrected chi connectivity index (χ3v) is 5.76. The Morgan fingerprint density at radius 2 is 1.48 bits per heavy atom. The number of rotatable bonds is 1. The molecule has 2 amide bonds. The Kier molecular flexibility index (Phi) is 6.34. The van der Waals surface area contributed by atoms with E-state index >= 15 is 0 Å². The van der Waals surface area contributed by atoms with Gasteiger partial charge in [-0.2, -0.15) is 4.57 Å². The summed E-state index contributed by atoms with van der Waals surface area (Å²) in [4.78, 5) is 65.5. The van der Waals surface area contributed by atoms with E-state index in [9.17, 15) is 24.0 Å². The number of likely N-dealkylation sites (tertiary alicyclic amines) is 1. The molecule has 1 aromatic rings. The standard InChI is InChI=1S/C23H33N3O7/c1-13-12-24(19(29)26(18(13)28)21(31)33-23(5,6)7)15-9-8-14-10-16(15)25(17(27)11-14)20(30)32-22(2,3)4/h12,14-16H,8-11H2,1-7H3. The van der Waals surface area contributed by atoms with Gasteiger partial charge in [0.25, 0.3) is 5.56 Å². The molecule has 2 fully saturated rings. The molecule has 2 bridgehead atoms. The number of carbonyl (C=O) groups is 3. The first-order chi connectivity index (χ1) is 15.1. The number of hydrogen-bond donors (Lipinski definition) is 0. The maximum atomic E-state index is 13.3. The molecular formula is C23H33N3O7. The van der Waals surface area contributed by atoms with Gasteiger partial charge in [0.2, 0.25) is 5.91 Å². The fraction of sp³-hybridized carbons (Fsp3) is 0.696. The van der Waals surface area contributed by atoms with E-state index in [0.717, 1.165) is 4.90 Å². The third-order valence-electron chi connectivity index (χ3n) is 5.76. The van der Waals surface area contributed by atoms with Crippen molar-refractivity contribution in [3.63, 3.8) is 0 Å². The maximum absolute atomic E-state index is 13.3. The van der Waals surface area contributed by atoms with Gasteiger partial charge < -0.3 is 9.47 Å².